The molecule has 1 fully saturated rings. The molecule has 1 heterocycles. The van der Waals surface area contributed by atoms with Crippen molar-refractivity contribution in [3.63, 3.8) is 0 Å². The molecule has 0 aromatic heterocycles. The largest absolute Gasteiger partial charge is 0.417 e. The van der Waals surface area contributed by atoms with Crippen molar-refractivity contribution in [3.8, 4) is 0 Å². The molecule has 0 aliphatic carbocycles. The predicted molar refractivity (Wildman–Crippen MR) is 124 cm³/mol. The molecule has 1 saturated heterocycles. The van der Waals surface area contributed by atoms with Crippen molar-refractivity contribution in [1.29, 1.82) is 0 Å². The van der Waals surface area contributed by atoms with Crippen LogP contribution >= 0.6 is 50.1 Å². The highest BCUT2D eigenvalue weighted by atomic mass is 127. The fraction of sp³-hybridized carbons (Fsp3) is 0.667. The van der Waals surface area contributed by atoms with E-state index >= 15 is 0 Å². The van der Waals surface area contributed by atoms with E-state index in [0.29, 0.717) is 0 Å². The highest BCUT2D eigenvalue weighted by Crippen LogP contribution is 2.42. The number of hydrogen-bond donors (Lipinski definition) is 1. The normalized spacial score (nSPS) is 18.2. The smallest absolute Gasteiger partial charge is 0.183 e. The summed E-state index contributed by atoms with van der Waals surface area (Å²) in [5.41, 5.74) is 3.89. The van der Waals surface area contributed by atoms with Crippen LogP contribution in [0.5, 0.6) is 0 Å². The van der Waals surface area contributed by atoms with Gasteiger partial charge in [0.25, 0.3) is 0 Å². The summed E-state index contributed by atoms with van der Waals surface area (Å²) in [6.07, 6.45) is 1.84. The van der Waals surface area contributed by atoms with Gasteiger partial charge in [-0.15, -0.1) is 11.6 Å². The van der Waals surface area contributed by atoms with Crippen molar-refractivity contribution in [2.24, 2.45) is 0 Å². The third kappa shape index (κ3) is 6.96. The maximum Gasteiger partial charge on any atom is 0.183 e. The first-order chi connectivity index (χ1) is 11.7. The molecule has 25 heavy (non-hydrogen) atoms. The van der Waals surface area contributed by atoms with E-state index in [1.807, 2.05) is 0 Å². The van der Waals surface area contributed by atoms with E-state index in [2.05, 4.69) is 86.6 Å². The van der Waals surface area contributed by atoms with Gasteiger partial charge in [-0.1, -0.05) is 50.7 Å². The zero-order chi connectivity index (χ0) is 18.5. The van der Waals surface area contributed by atoms with E-state index in [1.54, 1.807) is 0 Å². The van der Waals surface area contributed by atoms with Gasteiger partial charge in [0, 0.05) is 43.8 Å². The van der Waals surface area contributed by atoms with Crippen molar-refractivity contribution >= 4 is 64.1 Å². The van der Waals surface area contributed by atoms with E-state index in [1.165, 1.54) is 16.8 Å². The lowest BCUT2D eigenvalue weighted by molar-refractivity contribution is 0.316. The second kappa shape index (κ2) is 9.73. The van der Waals surface area contributed by atoms with E-state index in [4.69, 9.17) is 16.0 Å². The Kier molecular flexibility index (Phi) is 8.54. The Morgan fingerprint density at radius 3 is 2.60 bits per heavy atom. The number of nitrogens with one attached hydrogen (secondary N) is 1. The number of halogens is 3. The maximum absolute atomic E-state index is 6.79. The summed E-state index contributed by atoms with van der Waals surface area (Å²) < 4.78 is 5.75. The Morgan fingerprint density at radius 1 is 1.32 bits per heavy atom. The molecule has 0 bridgehead atoms. The molecule has 3 nitrogen and oxygen atoms in total. The fourth-order valence-corrected chi connectivity index (χ4v) is 6.05. The summed E-state index contributed by atoms with van der Waals surface area (Å²) in [6.45, 7) is 11.7. The van der Waals surface area contributed by atoms with E-state index in [0.717, 1.165) is 51.0 Å². The number of rotatable bonds is 8. The number of hydrogen-bond acceptors (Lipinski definition) is 3. The molecule has 1 atom stereocenters. The molecular weight excluding hydrogens is 531 g/mol. The Morgan fingerprint density at radius 2 is 2.00 bits per heavy atom. The van der Waals surface area contributed by atoms with E-state index in [9.17, 15) is 0 Å². The van der Waals surface area contributed by atoms with Crippen LogP contribution in [0.2, 0.25) is 19.6 Å². The molecule has 1 aromatic rings. The first-order valence-electron chi connectivity index (χ1n) is 8.90. The summed E-state index contributed by atoms with van der Waals surface area (Å²) in [6, 6.07) is 6.75. The first kappa shape index (κ1) is 22.0. The third-order valence-electron chi connectivity index (χ3n) is 4.27. The Labute approximate surface area is 180 Å². The second-order valence-electron chi connectivity index (χ2n) is 7.43. The number of piperazine rings is 1. The number of nitrogens with zero attached hydrogens (tertiary/aromatic N) is 1. The van der Waals surface area contributed by atoms with Crippen LogP contribution in [0.25, 0.3) is 0 Å². The molecule has 2 rings (SSSR count). The molecule has 0 radical (unpaired) electrons. The molecule has 1 N–H and O–H groups in total. The zero-order valence-electron chi connectivity index (χ0n) is 15.4. The van der Waals surface area contributed by atoms with Gasteiger partial charge in [-0.2, -0.15) is 0 Å². The van der Waals surface area contributed by atoms with Gasteiger partial charge in [0.15, 0.2) is 8.32 Å². The molecule has 1 aliphatic rings. The number of benzene rings is 1. The molecule has 0 amide bonds. The van der Waals surface area contributed by atoms with Gasteiger partial charge in [-0.05, 0) is 49.7 Å². The van der Waals surface area contributed by atoms with Crippen molar-refractivity contribution in [1.82, 2.24) is 5.32 Å². The molecule has 7 heteroatoms. The minimum Gasteiger partial charge on any atom is -0.417 e. The standard InChI is InChI=1S/C18H29BrClIN2OSi/c1-25(2,3)24-13-6-15-14-16(18(20,21)7-8-19)4-5-17(15)23-11-9-22-10-12-23/h4-5,14,22H,6-13H2,1-3H3. The van der Waals surface area contributed by atoms with Crippen LogP contribution in [0.4, 0.5) is 5.69 Å². The highest BCUT2D eigenvalue weighted by Gasteiger charge is 2.26. The third-order valence-corrected chi connectivity index (χ3v) is 7.31. The Bertz CT molecular complexity index is 562. The summed E-state index contributed by atoms with van der Waals surface area (Å²) in [7, 11) is -1.49. The fourth-order valence-electron chi connectivity index (χ4n) is 2.96. The summed E-state index contributed by atoms with van der Waals surface area (Å²) in [5.74, 6) is 0. The van der Waals surface area contributed by atoms with Gasteiger partial charge in [-0.3, -0.25) is 0 Å². The average Bonchev–Trinajstić information content (AvgIpc) is 2.54. The minimum absolute atomic E-state index is 0.363. The van der Waals surface area contributed by atoms with Crippen molar-refractivity contribution in [2.45, 2.75) is 35.4 Å². The lowest BCUT2D eigenvalue weighted by Crippen LogP contribution is -2.44. The van der Waals surface area contributed by atoms with Gasteiger partial charge in [0.05, 0.1) is 0 Å². The number of alkyl halides is 3. The van der Waals surface area contributed by atoms with E-state index in [-0.39, 0.29) is 2.88 Å². The van der Waals surface area contributed by atoms with Crippen LogP contribution in [-0.4, -0.2) is 46.4 Å². The van der Waals surface area contributed by atoms with Crippen molar-refractivity contribution in [2.75, 3.05) is 43.0 Å². The monoisotopic (exact) mass is 558 g/mol. The van der Waals surface area contributed by atoms with Crippen LogP contribution < -0.4 is 10.2 Å². The molecule has 142 valence electrons. The average molecular weight is 560 g/mol. The van der Waals surface area contributed by atoms with Crippen LogP contribution in [0.1, 0.15) is 17.5 Å². The van der Waals surface area contributed by atoms with Gasteiger partial charge >= 0.3 is 0 Å². The molecular formula is C18H29BrClIN2OSi. The van der Waals surface area contributed by atoms with Crippen LogP contribution in [-0.2, 0) is 13.7 Å². The van der Waals surface area contributed by atoms with Gasteiger partial charge in [0.2, 0.25) is 0 Å². The minimum atomic E-state index is -1.49. The Balaban J connectivity index is 2.24. The topological polar surface area (TPSA) is 24.5 Å². The predicted octanol–water partition coefficient (Wildman–Crippen LogP) is 5.10. The second-order valence-corrected chi connectivity index (χ2v) is 15.9. The maximum atomic E-state index is 6.79. The van der Waals surface area contributed by atoms with Crippen molar-refractivity contribution < 1.29 is 4.43 Å². The molecule has 0 saturated carbocycles. The Hall–Kier alpha value is 0.657. The first-order valence-corrected chi connectivity index (χ1v) is 14.9. The summed E-state index contributed by atoms with van der Waals surface area (Å²) in [5, 5.41) is 4.33. The quantitative estimate of drug-likeness (QED) is 0.273. The number of anilines is 1. The molecule has 1 aliphatic heterocycles. The van der Waals surface area contributed by atoms with Crippen molar-refractivity contribution in [3.05, 3.63) is 29.3 Å². The summed E-state index contributed by atoms with van der Waals surface area (Å²) >= 11 is 12.7. The van der Waals surface area contributed by atoms with Crippen LogP contribution in [0, 0.1) is 0 Å². The molecule has 1 unspecified atom stereocenters. The van der Waals surface area contributed by atoms with Gasteiger partial charge in [-0.25, -0.2) is 0 Å². The summed E-state index contributed by atoms with van der Waals surface area (Å²) in [4.78, 5) is 2.48. The lowest BCUT2D eigenvalue weighted by Gasteiger charge is -2.32. The molecule has 0 spiro atoms. The van der Waals surface area contributed by atoms with Crippen LogP contribution in [0.3, 0.4) is 0 Å². The van der Waals surface area contributed by atoms with E-state index < -0.39 is 8.32 Å². The zero-order valence-corrected chi connectivity index (χ0v) is 20.9. The van der Waals surface area contributed by atoms with Gasteiger partial charge in [0.1, 0.15) is 2.88 Å². The van der Waals surface area contributed by atoms with Gasteiger partial charge < -0.3 is 14.6 Å². The highest BCUT2D eigenvalue weighted by molar-refractivity contribution is 14.1. The van der Waals surface area contributed by atoms with Crippen LogP contribution in [0.15, 0.2) is 18.2 Å². The molecule has 1 aromatic carbocycles. The SMILES string of the molecule is C[Si](C)(C)OCCc1cc(C(Cl)(I)CCBr)ccc1N1CCNCC1. The lowest BCUT2D eigenvalue weighted by atomic mass is 10.0.